The van der Waals surface area contributed by atoms with E-state index in [1.807, 2.05) is 0 Å². The van der Waals surface area contributed by atoms with Crippen LogP contribution in [0.1, 0.15) is 27.7 Å². The molecule has 12 heavy (non-hydrogen) atoms. The van der Waals surface area contributed by atoms with Gasteiger partial charge in [0.25, 0.3) is 0 Å². The maximum atomic E-state index is 6.36. The van der Waals surface area contributed by atoms with Crippen molar-refractivity contribution in [1.29, 1.82) is 0 Å². The summed E-state index contributed by atoms with van der Waals surface area (Å²) in [6.45, 7) is 8.71. The molecule has 0 saturated carbocycles. The quantitative estimate of drug-likeness (QED) is 0.501. The summed E-state index contributed by atoms with van der Waals surface area (Å²) >= 11 is 6.36. The van der Waals surface area contributed by atoms with Gasteiger partial charge < -0.3 is 9.13 Å². The standard InChI is InChI=1S/C8H17ClN2Si/c1-7(2)10-5-6-11(8(3)4)12(10)9/h5-8,12H,1-4H3. The highest BCUT2D eigenvalue weighted by Gasteiger charge is 2.29. The Bertz CT molecular complexity index is 164. The largest absolute Gasteiger partial charge is 0.374 e. The molecule has 0 aromatic rings. The van der Waals surface area contributed by atoms with E-state index in [0.717, 1.165) is 0 Å². The summed E-state index contributed by atoms with van der Waals surface area (Å²) in [5, 5.41) is 0. The van der Waals surface area contributed by atoms with Crippen LogP contribution in [0.25, 0.3) is 0 Å². The average molecular weight is 205 g/mol. The first-order chi connectivity index (χ1) is 5.54. The summed E-state index contributed by atoms with van der Waals surface area (Å²) in [5.41, 5.74) is 0. The predicted molar refractivity (Wildman–Crippen MR) is 56.1 cm³/mol. The molecule has 0 spiro atoms. The SMILES string of the molecule is CC(C)N1C=CN(C(C)C)[SiH]1Cl. The van der Waals surface area contributed by atoms with Gasteiger partial charge in [-0.05, 0) is 27.7 Å². The molecule has 4 heteroatoms. The predicted octanol–water partition coefficient (Wildman–Crippen LogP) is 1.85. The molecule has 0 amide bonds. The molecule has 0 fully saturated rings. The fraction of sp³-hybridized carbons (Fsp3) is 0.750. The third-order valence-corrected chi connectivity index (χ3v) is 5.97. The molecule has 0 aliphatic carbocycles. The summed E-state index contributed by atoms with van der Waals surface area (Å²) in [6.07, 6.45) is 4.24. The van der Waals surface area contributed by atoms with E-state index in [1.54, 1.807) is 0 Å². The van der Waals surface area contributed by atoms with Gasteiger partial charge in [0.15, 0.2) is 0 Å². The molecule has 1 aliphatic rings. The smallest absolute Gasteiger partial charge is 0.349 e. The van der Waals surface area contributed by atoms with Crippen LogP contribution in [-0.2, 0) is 0 Å². The minimum absolute atomic E-state index is 0.527. The lowest BCUT2D eigenvalue weighted by Crippen LogP contribution is -2.45. The van der Waals surface area contributed by atoms with E-state index in [0.29, 0.717) is 12.1 Å². The van der Waals surface area contributed by atoms with Crippen LogP contribution >= 0.6 is 11.1 Å². The van der Waals surface area contributed by atoms with Crippen LogP contribution in [0.3, 0.4) is 0 Å². The molecule has 0 N–H and O–H groups in total. The van der Waals surface area contributed by atoms with Gasteiger partial charge in [-0.2, -0.15) is 0 Å². The Kier molecular flexibility index (Phi) is 3.07. The number of halogens is 1. The second-order valence-corrected chi connectivity index (χ2v) is 6.68. The molecule has 70 valence electrons. The number of nitrogens with zero attached hydrogens (tertiary/aromatic N) is 2. The molecule has 0 unspecified atom stereocenters. The van der Waals surface area contributed by atoms with Gasteiger partial charge in [0.2, 0.25) is 0 Å². The van der Waals surface area contributed by atoms with Gasteiger partial charge in [0, 0.05) is 24.5 Å². The lowest BCUT2D eigenvalue weighted by molar-refractivity contribution is 0.435. The first kappa shape index (κ1) is 9.93. The highest BCUT2D eigenvalue weighted by atomic mass is 35.6. The van der Waals surface area contributed by atoms with Gasteiger partial charge >= 0.3 is 8.43 Å². The number of rotatable bonds is 2. The van der Waals surface area contributed by atoms with Crippen LogP contribution in [0.4, 0.5) is 0 Å². The molecule has 0 aromatic heterocycles. The second-order valence-electron chi connectivity index (χ2n) is 3.69. The third kappa shape index (κ3) is 1.77. The first-order valence-corrected chi connectivity index (χ1v) is 7.19. The zero-order chi connectivity index (χ0) is 9.30. The summed E-state index contributed by atoms with van der Waals surface area (Å²) in [6, 6.07) is 1.05. The van der Waals surface area contributed by atoms with Gasteiger partial charge in [0.05, 0.1) is 0 Å². The van der Waals surface area contributed by atoms with Crippen molar-refractivity contribution in [3.63, 3.8) is 0 Å². The van der Waals surface area contributed by atoms with E-state index >= 15 is 0 Å². The molecular weight excluding hydrogens is 188 g/mol. The average Bonchev–Trinajstić information content (AvgIpc) is 2.30. The fourth-order valence-corrected chi connectivity index (χ4v) is 4.76. The molecule has 1 aliphatic heterocycles. The summed E-state index contributed by atoms with van der Waals surface area (Å²) in [4.78, 5) is 0. The lowest BCUT2D eigenvalue weighted by Gasteiger charge is -2.31. The van der Waals surface area contributed by atoms with E-state index in [4.69, 9.17) is 11.1 Å². The highest BCUT2D eigenvalue weighted by molar-refractivity contribution is 7.04. The van der Waals surface area contributed by atoms with E-state index in [1.165, 1.54) is 0 Å². The molecule has 0 saturated heterocycles. The van der Waals surface area contributed by atoms with Gasteiger partial charge in [0.1, 0.15) is 0 Å². The molecule has 0 aromatic carbocycles. The Hall–Kier alpha value is -0.153. The maximum absolute atomic E-state index is 6.36. The van der Waals surface area contributed by atoms with Crippen molar-refractivity contribution in [2.75, 3.05) is 0 Å². The van der Waals surface area contributed by atoms with E-state index < -0.39 is 8.43 Å². The van der Waals surface area contributed by atoms with Gasteiger partial charge in [-0.25, -0.2) is 0 Å². The number of hydrogen-bond donors (Lipinski definition) is 0. The molecule has 0 atom stereocenters. The van der Waals surface area contributed by atoms with E-state index in [-0.39, 0.29) is 0 Å². The third-order valence-electron chi connectivity index (χ3n) is 2.10. The van der Waals surface area contributed by atoms with Gasteiger partial charge in [-0.15, -0.1) is 11.1 Å². The lowest BCUT2D eigenvalue weighted by atomic mass is 10.4. The van der Waals surface area contributed by atoms with Gasteiger partial charge in [-0.1, -0.05) is 0 Å². The Labute approximate surface area is 81.3 Å². The van der Waals surface area contributed by atoms with Crippen molar-refractivity contribution >= 4 is 19.5 Å². The van der Waals surface area contributed by atoms with Crippen LogP contribution in [-0.4, -0.2) is 29.6 Å². The molecule has 1 rings (SSSR count). The first-order valence-electron chi connectivity index (χ1n) is 4.41. The zero-order valence-corrected chi connectivity index (χ0v) is 10.1. The minimum atomic E-state index is -1.37. The van der Waals surface area contributed by atoms with Crippen molar-refractivity contribution < 1.29 is 0 Å². The van der Waals surface area contributed by atoms with Crippen LogP contribution in [0.5, 0.6) is 0 Å². The van der Waals surface area contributed by atoms with Crippen LogP contribution < -0.4 is 0 Å². The van der Waals surface area contributed by atoms with Crippen molar-refractivity contribution in [3.8, 4) is 0 Å². The highest BCUT2D eigenvalue weighted by Crippen LogP contribution is 2.20. The monoisotopic (exact) mass is 204 g/mol. The zero-order valence-electron chi connectivity index (χ0n) is 8.16. The van der Waals surface area contributed by atoms with Crippen molar-refractivity contribution in [1.82, 2.24) is 9.13 Å². The van der Waals surface area contributed by atoms with Crippen LogP contribution in [0, 0.1) is 0 Å². The Balaban J connectivity index is 2.62. The summed E-state index contributed by atoms with van der Waals surface area (Å²) in [7, 11) is -1.37. The Morgan fingerprint density at radius 3 is 1.50 bits per heavy atom. The molecule has 0 radical (unpaired) electrons. The molecule has 1 heterocycles. The molecule has 2 nitrogen and oxygen atoms in total. The van der Waals surface area contributed by atoms with Crippen molar-refractivity contribution in [3.05, 3.63) is 12.4 Å². The molecular formula is C8H17ClN2Si. The summed E-state index contributed by atoms with van der Waals surface area (Å²) in [5.74, 6) is 0. The van der Waals surface area contributed by atoms with Crippen molar-refractivity contribution in [2.45, 2.75) is 39.8 Å². The number of hydrogen-bond acceptors (Lipinski definition) is 2. The van der Waals surface area contributed by atoms with E-state index in [9.17, 15) is 0 Å². The van der Waals surface area contributed by atoms with Gasteiger partial charge in [-0.3, -0.25) is 0 Å². The van der Waals surface area contributed by atoms with E-state index in [2.05, 4.69) is 49.2 Å². The Morgan fingerprint density at radius 1 is 1.00 bits per heavy atom. The second kappa shape index (κ2) is 3.71. The summed E-state index contributed by atoms with van der Waals surface area (Å²) < 4.78 is 4.56. The Morgan fingerprint density at radius 2 is 1.33 bits per heavy atom. The van der Waals surface area contributed by atoms with Crippen LogP contribution in [0.2, 0.25) is 0 Å². The minimum Gasteiger partial charge on any atom is -0.374 e. The fourth-order valence-electron chi connectivity index (χ4n) is 1.29. The van der Waals surface area contributed by atoms with Crippen LogP contribution in [0.15, 0.2) is 12.4 Å². The maximum Gasteiger partial charge on any atom is 0.349 e. The molecule has 0 bridgehead atoms. The normalized spacial score (nSPS) is 18.9. The van der Waals surface area contributed by atoms with Crippen molar-refractivity contribution in [2.24, 2.45) is 0 Å². The topological polar surface area (TPSA) is 6.48 Å².